The molecule has 2 unspecified atom stereocenters. The molecule has 2 aromatic heterocycles. The van der Waals surface area contributed by atoms with Crippen LogP contribution >= 0.6 is 0 Å². The number of halogens is 1. The van der Waals surface area contributed by atoms with Crippen LogP contribution in [0.5, 0.6) is 6.01 Å². The highest BCUT2D eigenvalue weighted by Crippen LogP contribution is 2.50. The molecule has 8 rings (SSSR count). The Labute approximate surface area is 230 Å². The van der Waals surface area contributed by atoms with Crippen molar-refractivity contribution in [1.82, 2.24) is 19.9 Å². The van der Waals surface area contributed by atoms with Crippen LogP contribution in [0.3, 0.4) is 0 Å². The minimum Gasteiger partial charge on any atom is -0.461 e. The van der Waals surface area contributed by atoms with Gasteiger partial charge in [0.2, 0.25) is 0 Å². The summed E-state index contributed by atoms with van der Waals surface area (Å²) in [5, 5.41) is 0.698. The smallest absolute Gasteiger partial charge is 0.319 e. The van der Waals surface area contributed by atoms with E-state index in [1.807, 2.05) is 18.3 Å². The quantitative estimate of drug-likeness (QED) is 0.381. The van der Waals surface area contributed by atoms with Crippen LogP contribution in [0.1, 0.15) is 69.8 Å². The second-order valence-corrected chi connectivity index (χ2v) is 13.1. The molecule has 7 heteroatoms. The fourth-order valence-corrected chi connectivity index (χ4v) is 8.35. The summed E-state index contributed by atoms with van der Waals surface area (Å²) in [5.41, 5.74) is 2.89. The van der Waals surface area contributed by atoms with Gasteiger partial charge in [-0.05, 0) is 93.7 Å². The molecule has 0 amide bonds. The Morgan fingerprint density at radius 3 is 2.51 bits per heavy atom. The maximum atomic E-state index is 16.5. The Morgan fingerprint density at radius 2 is 1.77 bits per heavy atom. The van der Waals surface area contributed by atoms with Gasteiger partial charge in [0.15, 0.2) is 5.82 Å². The summed E-state index contributed by atoms with van der Waals surface area (Å²) >= 11 is 0. The molecule has 4 atom stereocenters. The highest BCUT2D eigenvalue weighted by atomic mass is 19.1. The van der Waals surface area contributed by atoms with Gasteiger partial charge in [0.05, 0.1) is 10.9 Å². The standard InChI is InChI=1S/C32H38FN5O/c1-20-14-25(20)23-6-2-3-7-24(23)28-27(33)29-26(16-34-28)30(37-17-21-8-9-22(15-21)18-37)36-31(35-29)39-19-32-10-4-12-38(32)13-5-11-32/h2-3,6-7,16,20-22,25H,4-5,8-15,17-19H2,1H3/t20-,21?,22?,25+/m0/s1. The van der Waals surface area contributed by atoms with Gasteiger partial charge >= 0.3 is 6.01 Å². The van der Waals surface area contributed by atoms with E-state index in [2.05, 4.69) is 28.9 Å². The summed E-state index contributed by atoms with van der Waals surface area (Å²) in [4.78, 5) is 19.4. The van der Waals surface area contributed by atoms with Crippen LogP contribution < -0.4 is 9.64 Å². The summed E-state index contributed by atoms with van der Waals surface area (Å²) in [6.45, 7) is 7.05. The third-order valence-corrected chi connectivity index (χ3v) is 10.6. The molecule has 3 aliphatic heterocycles. The van der Waals surface area contributed by atoms with Crippen LogP contribution in [0.2, 0.25) is 0 Å². The number of hydrogen-bond donors (Lipinski definition) is 0. The number of hydrogen-bond acceptors (Lipinski definition) is 6. The minimum atomic E-state index is -0.358. The molecule has 1 aromatic carbocycles. The number of anilines is 1. The average molecular weight is 528 g/mol. The van der Waals surface area contributed by atoms with Gasteiger partial charge in [-0.2, -0.15) is 9.97 Å². The van der Waals surface area contributed by atoms with Crippen LogP contribution in [0.25, 0.3) is 22.2 Å². The topological polar surface area (TPSA) is 54.4 Å². The number of rotatable bonds is 6. The SMILES string of the molecule is C[C@H]1C[C@H]1c1ccccc1-c1ncc2c(N3CC4CCC(C4)C3)nc(OCC34CCCN3CCC4)nc2c1F. The molecule has 5 fully saturated rings. The van der Waals surface area contributed by atoms with Crippen molar-refractivity contribution < 1.29 is 9.13 Å². The number of ether oxygens (including phenoxy) is 1. The third kappa shape index (κ3) is 4.02. The minimum absolute atomic E-state index is 0.0879. The number of pyridine rings is 1. The molecular weight excluding hydrogens is 489 g/mol. The average Bonchev–Trinajstić information content (AvgIpc) is 3.22. The zero-order valence-electron chi connectivity index (χ0n) is 22.9. The molecule has 2 bridgehead atoms. The zero-order chi connectivity index (χ0) is 26.1. The lowest BCUT2D eigenvalue weighted by Crippen LogP contribution is -2.43. The lowest BCUT2D eigenvalue weighted by Gasteiger charge is -2.34. The maximum absolute atomic E-state index is 16.5. The molecule has 39 heavy (non-hydrogen) atoms. The molecule has 2 aliphatic carbocycles. The highest BCUT2D eigenvalue weighted by Gasteiger charge is 2.45. The highest BCUT2D eigenvalue weighted by molar-refractivity contribution is 5.92. The molecule has 204 valence electrons. The Balaban J connectivity index is 1.22. The van der Waals surface area contributed by atoms with Crippen molar-refractivity contribution in [3.63, 3.8) is 0 Å². The molecule has 2 saturated carbocycles. The predicted octanol–water partition coefficient (Wildman–Crippen LogP) is 6.20. The first-order valence-corrected chi connectivity index (χ1v) is 15.2. The Hall–Kier alpha value is -2.80. The Bertz CT molecular complexity index is 1410. The van der Waals surface area contributed by atoms with Crippen LogP contribution in [0.4, 0.5) is 10.2 Å². The summed E-state index contributed by atoms with van der Waals surface area (Å²) in [5.74, 6) is 2.91. The Kier molecular flexibility index (Phi) is 5.62. The number of aromatic nitrogens is 3. The first kappa shape index (κ1) is 24.0. The molecular formula is C32H38FN5O. The van der Waals surface area contributed by atoms with E-state index in [0.29, 0.717) is 52.9 Å². The fourth-order valence-electron chi connectivity index (χ4n) is 8.35. The van der Waals surface area contributed by atoms with E-state index >= 15 is 4.39 Å². The number of piperidine rings is 1. The zero-order valence-corrected chi connectivity index (χ0v) is 22.9. The van der Waals surface area contributed by atoms with E-state index in [4.69, 9.17) is 19.7 Å². The molecule has 0 radical (unpaired) electrons. The van der Waals surface area contributed by atoms with Crippen LogP contribution in [0.15, 0.2) is 30.5 Å². The molecule has 0 N–H and O–H groups in total. The van der Waals surface area contributed by atoms with Gasteiger partial charge in [-0.25, -0.2) is 4.39 Å². The van der Waals surface area contributed by atoms with Gasteiger partial charge in [0.1, 0.15) is 23.6 Å². The van der Waals surface area contributed by atoms with Crippen molar-refractivity contribution in [3.8, 4) is 17.3 Å². The monoisotopic (exact) mass is 527 g/mol. The van der Waals surface area contributed by atoms with Gasteiger partial charge in [-0.1, -0.05) is 31.2 Å². The third-order valence-electron chi connectivity index (χ3n) is 10.6. The normalized spacial score (nSPS) is 29.2. The first-order valence-electron chi connectivity index (χ1n) is 15.2. The predicted molar refractivity (Wildman–Crippen MR) is 151 cm³/mol. The second kappa shape index (κ2) is 9.12. The second-order valence-electron chi connectivity index (χ2n) is 13.1. The van der Waals surface area contributed by atoms with E-state index in [1.165, 1.54) is 37.7 Å². The first-order chi connectivity index (χ1) is 19.1. The lowest BCUT2D eigenvalue weighted by atomic mass is 9.95. The summed E-state index contributed by atoms with van der Waals surface area (Å²) in [6.07, 6.45) is 11.5. The van der Waals surface area contributed by atoms with Crippen LogP contribution in [-0.4, -0.2) is 58.2 Å². The van der Waals surface area contributed by atoms with E-state index in [0.717, 1.165) is 56.8 Å². The Morgan fingerprint density at radius 1 is 1.03 bits per heavy atom. The van der Waals surface area contributed by atoms with Crippen molar-refractivity contribution in [2.45, 2.75) is 69.7 Å². The largest absolute Gasteiger partial charge is 0.461 e. The lowest BCUT2D eigenvalue weighted by molar-refractivity contribution is 0.108. The van der Waals surface area contributed by atoms with Crippen molar-refractivity contribution in [2.24, 2.45) is 17.8 Å². The van der Waals surface area contributed by atoms with Crippen molar-refractivity contribution in [3.05, 3.63) is 41.8 Å². The summed E-state index contributed by atoms with van der Waals surface area (Å²) in [6, 6.07) is 8.48. The van der Waals surface area contributed by atoms with Crippen molar-refractivity contribution in [1.29, 1.82) is 0 Å². The number of fused-ring (bicyclic) bond motifs is 4. The molecule has 5 heterocycles. The van der Waals surface area contributed by atoms with Gasteiger partial charge in [-0.15, -0.1) is 0 Å². The van der Waals surface area contributed by atoms with Gasteiger partial charge in [0, 0.05) is 24.8 Å². The van der Waals surface area contributed by atoms with Gasteiger partial charge in [-0.3, -0.25) is 9.88 Å². The van der Waals surface area contributed by atoms with E-state index < -0.39 is 0 Å². The van der Waals surface area contributed by atoms with E-state index in [-0.39, 0.29) is 11.4 Å². The molecule has 3 saturated heterocycles. The summed E-state index contributed by atoms with van der Waals surface area (Å²) < 4.78 is 22.9. The summed E-state index contributed by atoms with van der Waals surface area (Å²) in [7, 11) is 0. The molecule has 6 nitrogen and oxygen atoms in total. The maximum Gasteiger partial charge on any atom is 0.319 e. The molecule has 5 aliphatic rings. The fraction of sp³-hybridized carbons (Fsp3) is 0.594. The van der Waals surface area contributed by atoms with Crippen LogP contribution in [0, 0.1) is 23.6 Å². The van der Waals surface area contributed by atoms with Crippen molar-refractivity contribution in [2.75, 3.05) is 37.7 Å². The van der Waals surface area contributed by atoms with Crippen LogP contribution in [-0.2, 0) is 0 Å². The molecule has 3 aromatic rings. The van der Waals surface area contributed by atoms with E-state index in [1.54, 1.807) is 0 Å². The van der Waals surface area contributed by atoms with Gasteiger partial charge in [0.25, 0.3) is 0 Å². The molecule has 0 spiro atoms. The number of benzene rings is 1. The number of nitrogens with zero attached hydrogens (tertiary/aromatic N) is 5. The van der Waals surface area contributed by atoms with E-state index in [9.17, 15) is 0 Å². The van der Waals surface area contributed by atoms with Gasteiger partial charge < -0.3 is 9.64 Å². The van der Waals surface area contributed by atoms with Crippen molar-refractivity contribution >= 4 is 16.7 Å².